The largest absolute Gasteiger partial charge is 0.390 e. The monoisotopic (exact) mass is 250 g/mol. The molecule has 1 aromatic carbocycles. The molecule has 3 heteroatoms. The predicted octanol–water partition coefficient (Wildman–Crippen LogP) is 1.34. The summed E-state index contributed by atoms with van der Waals surface area (Å²) in [5, 5.41) is 12.5. The average Bonchev–Trinajstić information content (AvgIpc) is 2.35. The summed E-state index contributed by atoms with van der Waals surface area (Å²) in [5.74, 6) is 0.704. The smallest absolute Gasteiger partial charge is 0.0786 e. The topological polar surface area (TPSA) is 58.3 Å². The van der Waals surface area contributed by atoms with Crippen LogP contribution in [0, 0.1) is 5.92 Å². The van der Waals surface area contributed by atoms with Crippen LogP contribution in [0.4, 0.5) is 0 Å². The van der Waals surface area contributed by atoms with Crippen LogP contribution in [0.5, 0.6) is 0 Å². The third-order valence-electron chi connectivity index (χ3n) is 2.91. The molecule has 3 nitrogen and oxygen atoms in total. The summed E-state index contributed by atoms with van der Waals surface area (Å²) >= 11 is 0. The summed E-state index contributed by atoms with van der Waals surface area (Å²) in [5.41, 5.74) is 8.07. The standard InChI is InChI=1S/C15H26N2O/c1-12(2)9-14-5-3-13(4-6-14)7-8-17-11-15(18)10-16/h3-6,12,15,17-18H,7-11,16H2,1-2H3. The lowest BCUT2D eigenvalue weighted by Crippen LogP contribution is -2.33. The molecule has 0 bridgehead atoms. The van der Waals surface area contributed by atoms with E-state index in [4.69, 9.17) is 5.73 Å². The number of benzene rings is 1. The molecular weight excluding hydrogens is 224 g/mol. The Morgan fingerprint density at radius 1 is 1.17 bits per heavy atom. The van der Waals surface area contributed by atoms with Gasteiger partial charge in [-0.25, -0.2) is 0 Å². The highest BCUT2D eigenvalue weighted by Gasteiger charge is 2.00. The summed E-state index contributed by atoms with van der Waals surface area (Å²) in [7, 11) is 0. The zero-order valence-electron chi connectivity index (χ0n) is 11.5. The number of nitrogens with one attached hydrogen (secondary N) is 1. The summed E-state index contributed by atoms with van der Waals surface area (Å²) in [6.07, 6.45) is 1.69. The molecule has 0 aromatic heterocycles. The number of nitrogens with two attached hydrogens (primary N) is 1. The van der Waals surface area contributed by atoms with E-state index in [1.807, 2.05) is 0 Å². The van der Waals surface area contributed by atoms with Gasteiger partial charge in [0.1, 0.15) is 0 Å². The van der Waals surface area contributed by atoms with Crippen molar-refractivity contribution in [2.75, 3.05) is 19.6 Å². The van der Waals surface area contributed by atoms with Gasteiger partial charge in [-0.1, -0.05) is 38.1 Å². The van der Waals surface area contributed by atoms with Gasteiger partial charge in [0.2, 0.25) is 0 Å². The van der Waals surface area contributed by atoms with E-state index in [1.54, 1.807) is 0 Å². The summed E-state index contributed by atoms with van der Waals surface area (Å²) in [6.45, 7) is 6.24. The zero-order valence-corrected chi connectivity index (χ0v) is 11.5. The van der Waals surface area contributed by atoms with Crippen molar-refractivity contribution in [3.05, 3.63) is 35.4 Å². The molecule has 0 aliphatic heterocycles. The van der Waals surface area contributed by atoms with Crippen molar-refractivity contribution in [2.45, 2.75) is 32.8 Å². The maximum absolute atomic E-state index is 9.29. The van der Waals surface area contributed by atoms with Gasteiger partial charge in [0.15, 0.2) is 0 Å². The van der Waals surface area contributed by atoms with E-state index in [0.29, 0.717) is 19.0 Å². The van der Waals surface area contributed by atoms with Crippen LogP contribution in [0.15, 0.2) is 24.3 Å². The van der Waals surface area contributed by atoms with Crippen LogP contribution >= 0.6 is 0 Å². The first-order chi connectivity index (χ1) is 8.61. The van der Waals surface area contributed by atoms with Crippen LogP contribution < -0.4 is 11.1 Å². The number of rotatable bonds is 8. The maximum Gasteiger partial charge on any atom is 0.0786 e. The van der Waals surface area contributed by atoms with E-state index in [9.17, 15) is 5.11 Å². The molecule has 0 amide bonds. The SMILES string of the molecule is CC(C)Cc1ccc(CCNCC(O)CN)cc1. The van der Waals surface area contributed by atoms with Crippen molar-refractivity contribution >= 4 is 0 Å². The summed E-state index contributed by atoms with van der Waals surface area (Å²) in [4.78, 5) is 0. The zero-order chi connectivity index (χ0) is 13.4. The molecule has 0 saturated heterocycles. The normalized spacial score (nSPS) is 12.9. The van der Waals surface area contributed by atoms with E-state index in [0.717, 1.165) is 19.4 Å². The number of aliphatic hydroxyl groups excluding tert-OH is 1. The first-order valence-electron chi connectivity index (χ1n) is 6.78. The van der Waals surface area contributed by atoms with Gasteiger partial charge >= 0.3 is 0 Å². The molecule has 0 saturated carbocycles. The molecule has 0 heterocycles. The summed E-state index contributed by atoms with van der Waals surface area (Å²) < 4.78 is 0. The Kier molecular flexibility index (Phi) is 6.94. The first kappa shape index (κ1) is 15.2. The van der Waals surface area contributed by atoms with Crippen LogP contribution in [0.3, 0.4) is 0 Å². The molecule has 1 unspecified atom stereocenters. The minimum Gasteiger partial charge on any atom is -0.390 e. The molecule has 102 valence electrons. The second-order valence-electron chi connectivity index (χ2n) is 5.26. The Hall–Kier alpha value is -0.900. The van der Waals surface area contributed by atoms with Gasteiger partial charge in [0, 0.05) is 13.1 Å². The Balaban J connectivity index is 2.26. The Bertz CT molecular complexity index is 322. The second kappa shape index (κ2) is 8.25. The second-order valence-corrected chi connectivity index (χ2v) is 5.26. The Morgan fingerprint density at radius 3 is 2.33 bits per heavy atom. The minimum atomic E-state index is -0.432. The highest BCUT2D eigenvalue weighted by molar-refractivity contribution is 5.23. The van der Waals surface area contributed by atoms with Gasteiger partial charge in [-0.15, -0.1) is 0 Å². The van der Waals surface area contributed by atoms with Crippen molar-refractivity contribution in [2.24, 2.45) is 11.7 Å². The van der Waals surface area contributed by atoms with Crippen molar-refractivity contribution < 1.29 is 5.11 Å². The molecular formula is C15H26N2O. The van der Waals surface area contributed by atoms with E-state index < -0.39 is 6.10 Å². The molecule has 0 aliphatic rings. The Morgan fingerprint density at radius 2 is 1.78 bits per heavy atom. The van der Waals surface area contributed by atoms with E-state index >= 15 is 0 Å². The van der Waals surface area contributed by atoms with Crippen LogP contribution in [0.1, 0.15) is 25.0 Å². The lowest BCUT2D eigenvalue weighted by atomic mass is 10.0. The third-order valence-corrected chi connectivity index (χ3v) is 2.91. The van der Waals surface area contributed by atoms with Crippen LogP contribution in [0.25, 0.3) is 0 Å². The number of hydrogen-bond acceptors (Lipinski definition) is 3. The molecule has 18 heavy (non-hydrogen) atoms. The van der Waals surface area contributed by atoms with Crippen LogP contribution in [-0.4, -0.2) is 30.8 Å². The van der Waals surface area contributed by atoms with Gasteiger partial charge in [-0.2, -0.15) is 0 Å². The lowest BCUT2D eigenvalue weighted by Gasteiger charge is -2.10. The quantitative estimate of drug-likeness (QED) is 0.610. The third kappa shape index (κ3) is 6.15. The van der Waals surface area contributed by atoms with Crippen molar-refractivity contribution in [1.29, 1.82) is 0 Å². The fourth-order valence-corrected chi connectivity index (χ4v) is 1.90. The molecule has 4 N–H and O–H groups in total. The molecule has 0 radical (unpaired) electrons. The average molecular weight is 250 g/mol. The van der Waals surface area contributed by atoms with Crippen molar-refractivity contribution in [3.63, 3.8) is 0 Å². The van der Waals surface area contributed by atoms with E-state index in [1.165, 1.54) is 11.1 Å². The van der Waals surface area contributed by atoms with E-state index in [2.05, 4.69) is 43.4 Å². The molecule has 0 spiro atoms. The van der Waals surface area contributed by atoms with Crippen LogP contribution in [0.2, 0.25) is 0 Å². The molecule has 0 aliphatic carbocycles. The molecule has 1 atom stereocenters. The lowest BCUT2D eigenvalue weighted by molar-refractivity contribution is 0.180. The van der Waals surface area contributed by atoms with Crippen LogP contribution in [-0.2, 0) is 12.8 Å². The first-order valence-corrected chi connectivity index (χ1v) is 6.78. The molecule has 0 fully saturated rings. The molecule has 1 aromatic rings. The minimum absolute atomic E-state index is 0.316. The summed E-state index contributed by atoms with van der Waals surface area (Å²) in [6, 6.07) is 8.81. The van der Waals surface area contributed by atoms with Gasteiger partial charge in [-0.3, -0.25) is 0 Å². The van der Waals surface area contributed by atoms with Gasteiger partial charge in [0.25, 0.3) is 0 Å². The van der Waals surface area contributed by atoms with Crippen molar-refractivity contribution in [1.82, 2.24) is 5.32 Å². The van der Waals surface area contributed by atoms with Crippen molar-refractivity contribution in [3.8, 4) is 0 Å². The number of aliphatic hydroxyl groups is 1. The maximum atomic E-state index is 9.29. The fourth-order valence-electron chi connectivity index (χ4n) is 1.90. The van der Waals surface area contributed by atoms with Gasteiger partial charge < -0.3 is 16.2 Å². The fraction of sp³-hybridized carbons (Fsp3) is 0.600. The highest BCUT2D eigenvalue weighted by atomic mass is 16.3. The molecule has 1 rings (SSSR count). The number of hydrogen-bond donors (Lipinski definition) is 3. The van der Waals surface area contributed by atoms with Gasteiger partial charge in [-0.05, 0) is 36.4 Å². The van der Waals surface area contributed by atoms with Gasteiger partial charge in [0.05, 0.1) is 6.10 Å². The van der Waals surface area contributed by atoms with E-state index in [-0.39, 0.29) is 0 Å². The highest BCUT2D eigenvalue weighted by Crippen LogP contribution is 2.09. The predicted molar refractivity (Wildman–Crippen MR) is 76.6 cm³/mol. The Labute approximate surface area is 110 Å².